The third-order valence-electron chi connectivity index (χ3n) is 5.22. The molecule has 3 aromatic heterocycles. The van der Waals surface area contributed by atoms with Crippen molar-refractivity contribution in [2.45, 2.75) is 31.8 Å². The van der Waals surface area contributed by atoms with Gasteiger partial charge in [-0.1, -0.05) is 0 Å². The number of pyridine rings is 1. The first-order valence-electron chi connectivity index (χ1n) is 8.77. The van der Waals surface area contributed by atoms with Gasteiger partial charge in [0.2, 0.25) is 0 Å². The molecule has 3 aromatic rings. The number of aliphatic hydroxyl groups is 1. The fourth-order valence-electron chi connectivity index (χ4n) is 3.77. The summed E-state index contributed by atoms with van der Waals surface area (Å²) in [6.07, 6.45) is 6.06. The van der Waals surface area contributed by atoms with E-state index >= 15 is 0 Å². The van der Waals surface area contributed by atoms with Crippen LogP contribution in [0.1, 0.15) is 40.5 Å². The fraction of sp³-hybridized carbons (Fsp3) is 0.444. The van der Waals surface area contributed by atoms with Crippen LogP contribution in [0.4, 0.5) is 0 Å². The maximum absolute atomic E-state index is 12.6. The number of fused-ring (bicyclic) bond motifs is 1. The summed E-state index contributed by atoms with van der Waals surface area (Å²) in [4.78, 5) is 12.6. The lowest BCUT2D eigenvalue weighted by molar-refractivity contribution is 0.0918. The van der Waals surface area contributed by atoms with E-state index in [1.54, 1.807) is 17.0 Å². The first-order valence-corrected chi connectivity index (χ1v) is 8.77. The average molecular weight is 354 g/mol. The van der Waals surface area contributed by atoms with Gasteiger partial charge < -0.3 is 15.0 Å². The smallest absolute Gasteiger partial charge is 0.255 e. The van der Waals surface area contributed by atoms with Gasteiger partial charge in [0, 0.05) is 31.6 Å². The molecule has 0 unspecified atom stereocenters. The zero-order valence-corrected chi connectivity index (χ0v) is 14.8. The highest BCUT2D eigenvalue weighted by Crippen LogP contribution is 2.37. The standard InChI is InChI=1S/C18H22N6O2/c1-11-3-4-24-15(5-11)14(9-21-24)18(26)19-8-13-6-12(7-16(13)25)17-22-20-10-23(17)2/h3-5,9-10,12-13,16,25H,6-8H2,1-2H3,(H,19,26)/t12-,13+,16+/m0/s1. The number of hydrogen-bond acceptors (Lipinski definition) is 5. The van der Waals surface area contributed by atoms with Crippen molar-refractivity contribution in [1.29, 1.82) is 0 Å². The Hall–Kier alpha value is -2.74. The van der Waals surface area contributed by atoms with Crippen molar-refractivity contribution in [2.24, 2.45) is 13.0 Å². The molecule has 0 saturated heterocycles. The predicted molar refractivity (Wildman–Crippen MR) is 94.7 cm³/mol. The SMILES string of the molecule is Cc1ccn2ncc(C(=O)NC[C@H]3C[C@H](c4nncn4C)C[C@H]3O)c2c1. The van der Waals surface area contributed by atoms with Crippen LogP contribution in [0.5, 0.6) is 0 Å². The molecule has 2 N–H and O–H groups in total. The van der Waals surface area contributed by atoms with Crippen molar-refractivity contribution in [1.82, 2.24) is 29.7 Å². The number of aromatic nitrogens is 5. The Bertz CT molecular complexity index is 946. The highest BCUT2D eigenvalue weighted by atomic mass is 16.3. The molecule has 0 aliphatic heterocycles. The largest absolute Gasteiger partial charge is 0.393 e. The first kappa shape index (κ1) is 16.7. The van der Waals surface area contributed by atoms with Gasteiger partial charge in [-0.2, -0.15) is 5.10 Å². The van der Waals surface area contributed by atoms with Crippen LogP contribution in [-0.2, 0) is 7.05 Å². The number of aryl methyl sites for hydroxylation is 2. The van der Waals surface area contributed by atoms with Crippen molar-refractivity contribution in [2.75, 3.05) is 6.54 Å². The highest BCUT2D eigenvalue weighted by molar-refractivity contribution is 6.00. The van der Waals surface area contributed by atoms with Gasteiger partial charge >= 0.3 is 0 Å². The number of nitrogens with one attached hydrogen (secondary N) is 1. The summed E-state index contributed by atoms with van der Waals surface area (Å²) < 4.78 is 3.58. The Morgan fingerprint density at radius 1 is 1.42 bits per heavy atom. The lowest BCUT2D eigenvalue weighted by atomic mass is 10.0. The van der Waals surface area contributed by atoms with Crippen molar-refractivity contribution in [3.8, 4) is 0 Å². The van der Waals surface area contributed by atoms with Gasteiger partial charge in [0.15, 0.2) is 0 Å². The number of nitrogens with zero attached hydrogens (tertiary/aromatic N) is 5. The number of carbonyl (C=O) groups is 1. The summed E-state index contributed by atoms with van der Waals surface area (Å²) in [5, 5.41) is 25.6. The minimum atomic E-state index is -0.455. The summed E-state index contributed by atoms with van der Waals surface area (Å²) in [6.45, 7) is 2.41. The van der Waals surface area contributed by atoms with E-state index in [4.69, 9.17) is 0 Å². The molecule has 4 rings (SSSR count). The van der Waals surface area contributed by atoms with Crippen LogP contribution in [0.25, 0.3) is 5.52 Å². The molecule has 26 heavy (non-hydrogen) atoms. The van der Waals surface area contributed by atoms with Crippen LogP contribution in [-0.4, -0.2) is 48.0 Å². The summed E-state index contributed by atoms with van der Waals surface area (Å²) in [5.41, 5.74) is 2.40. The number of rotatable bonds is 4. The van der Waals surface area contributed by atoms with E-state index in [1.807, 2.05) is 36.9 Å². The number of hydrogen-bond donors (Lipinski definition) is 2. The summed E-state index contributed by atoms with van der Waals surface area (Å²) in [6, 6.07) is 3.89. The molecule has 8 nitrogen and oxygen atoms in total. The molecular formula is C18H22N6O2. The van der Waals surface area contributed by atoms with Crippen LogP contribution in [0, 0.1) is 12.8 Å². The monoisotopic (exact) mass is 354 g/mol. The third kappa shape index (κ3) is 2.96. The zero-order valence-electron chi connectivity index (χ0n) is 14.8. The van der Waals surface area contributed by atoms with E-state index in [9.17, 15) is 9.90 Å². The van der Waals surface area contributed by atoms with Gasteiger partial charge in [-0.15, -0.1) is 10.2 Å². The summed E-state index contributed by atoms with van der Waals surface area (Å²) >= 11 is 0. The quantitative estimate of drug-likeness (QED) is 0.730. The van der Waals surface area contributed by atoms with Gasteiger partial charge in [-0.3, -0.25) is 4.79 Å². The van der Waals surface area contributed by atoms with E-state index in [-0.39, 0.29) is 17.7 Å². The Labute approximate surface area is 150 Å². The molecule has 1 fully saturated rings. The maximum atomic E-state index is 12.6. The van der Waals surface area contributed by atoms with Gasteiger partial charge in [0.05, 0.1) is 23.4 Å². The van der Waals surface area contributed by atoms with Crippen LogP contribution >= 0.6 is 0 Å². The second-order valence-electron chi connectivity index (χ2n) is 7.10. The van der Waals surface area contributed by atoms with Crippen molar-refractivity contribution in [3.63, 3.8) is 0 Å². The number of carbonyl (C=O) groups excluding carboxylic acids is 1. The first-order chi connectivity index (χ1) is 12.5. The predicted octanol–water partition coefficient (Wildman–Crippen LogP) is 1.06. The zero-order chi connectivity index (χ0) is 18.3. The van der Waals surface area contributed by atoms with E-state index in [2.05, 4.69) is 20.6 Å². The maximum Gasteiger partial charge on any atom is 0.255 e. The molecule has 0 spiro atoms. The molecular weight excluding hydrogens is 332 g/mol. The molecule has 136 valence electrons. The van der Waals surface area contributed by atoms with Crippen molar-refractivity contribution < 1.29 is 9.90 Å². The second-order valence-corrected chi connectivity index (χ2v) is 7.10. The molecule has 1 aliphatic rings. The van der Waals surface area contributed by atoms with E-state index < -0.39 is 6.10 Å². The Morgan fingerprint density at radius 2 is 2.27 bits per heavy atom. The number of aliphatic hydroxyl groups excluding tert-OH is 1. The van der Waals surface area contributed by atoms with Crippen LogP contribution in [0.2, 0.25) is 0 Å². The van der Waals surface area contributed by atoms with Crippen LogP contribution < -0.4 is 5.32 Å². The molecule has 0 radical (unpaired) electrons. The minimum absolute atomic E-state index is 0.00391. The number of amides is 1. The van der Waals surface area contributed by atoms with E-state index in [1.165, 1.54) is 0 Å². The Morgan fingerprint density at radius 3 is 3.04 bits per heavy atom. The molecule has 0 bridgehead atoms. The molecule has 1 amide bonds. The molecule has 0 aromatic carbocycles. The summed E-state index contributed by atoms with van der Waals surface area (Å²) in [7, 11) is 1.91. The van der Waals surface area contributed by atoms with Crippen LogP contribution in [0.3, 0.4) is 0 Å². The molecule has 3 atom stereocenters. The van der Waals surface area contributed by atoms with Gasteiger partial charge in [0.25, 0.3) is 5.91 Å². The Kier molecular flexibility index (Phi) is 4.20. The third-order valence-corrected chi connectivity index (χ3v) is 5.22. The van der Waals surface area contributed by atoms with Crippen molar-refractivity contribution in [3.05, 3.63) is 47.8 Å². The normalized spacial score (nSPS) is 22.8. The minimum Gasteiger partial charge on any atom is -0.393 e. The highest BCUT2D eigenvalue weighted by Gasteiger charge is 2.36. The van der Waals surface area contributed by atoms with Gasteiger partial charge in [-0.05, 0) is 37.5 Å². The summed E-state index contributed by atoms with van der Waals surface area (Å²) in [5.74, 6) is 0.888. The molecule has 3 heterocycles. The lowest BCUT2D eigenvalue weighted by Gasteiger charge is -2.14. The molecule has 1 saturated carbocycles. The Balaban J connectivity index is 1.43. The van der Waals surface area contributed by atoms with Crippen molar-refractivity contribution >= 4 is 11.4 Å². The topological polar surface area (TPSA) is 97.3 Å². The fourth-order valence-corrected chi connectivity index (χ4v) is 3.77. The molecule has 8 heteroatoms. The van der Waals surface area contributed by atoms with Gasteiger partial charge in [0.1, 0.15) is 12.2 Å². The average Bonchev–Trinajstić information content (AvgIpc) is 3.31. The van der Waals surface area contributed by atoms with E-state index in [0.717, 1.165) is 23.3 Å². The van der Waals surface area contributed by atoms with Gasteiger partial charge in [-0.25, -0.2) is 4.52 Å². The lowest BCUT2D eigenvalue weighted by Crippen LogP contribution is -2.32. The van der Waals surface area contributed by atoms with E-state index in [0.29, 0.717) is 18.5 Å². The van der Waals surface area contributed by atoms with Crippen LogP contribution in [0.15, 0.2) is 30.9 Å². The molecule has 1 aliphatic carbocycles. The second kappa shape index (κ2) is 6.53.